The normalized spacial score (nSPS) is 15.6. The summed E-state index contributed by atoms with van der Waals surface area (Å²) in [5, 5.41) is 3.25. The van der Waals surface area contributed by atoms with Crippen LogP contribution >= 0.6 is 11.3 Å². The zero-order valence-electron chi connectivity index (χ0n) is 10.1. The molecule has 0 fully saturated rings. The minimum Gasteiger partial charge on any atom is -0.324 e. The summed E-state index contributed by atoms with van der Waals surface area (Å²) in [4.78, 5) is 6.68. The molecule has 15 heavy (non-hydrogen) atoms. The molecule has 86 valence electrons. The number of hydrogen-bond donors (Lipinski definition) is 1. The molecule has 0 aliphatic rings. The number of hydrogen-bond acceptors (Lipinski definition) is 4. The quantitative estimate of drug-likeness (QED) is 0.836. The van der Waals surface area contributed by atoms with Gasteiger partial charge < -0.3 is 5.73 Å². The van der Waals surface area contributed by atoms with Crippen molar-refractivity contribution < 1.29 is 0 Å². The first-order valence-corrected chi connectivity index (χ1v) is 6.19. The van der Waals surface area contributed by atoms with E-state index in [4.69, 9.17) is 5.73 Å². The SMILES string of the molecule is CCC(C)(N)CN(C)Cc1csc(C)n1. The Morgan fingerprint density at radius 1 is 1.60 bits per heavy atom. The van der Waals surface area contributed by atoms with E-state index in [0.29, 0.717) is 0 Å². The molecule has 0 amide bonds. The van der Waals surface area contributed by atoms with Gasteiger partial charge in [-0.05, 0) is 27.3 Å². The average molecular weight is 227 g/mol. The summed E-state index contributed by atoms with van der Waals surface area (Å²) in [5.74, 6) is 0. The summed E-state index contributed by atoms with van der Waals surface area (Å²) < 4.78 is 0. The van der Waals surface area contributed by atoms with Gasteiger partial charge in [0, 0.05) is 24.0 Å². The highest BCUT2D eigenvalue weighted by molar-refractivity contribution is 7.09. The second-order valence-electron chi connectivity index (χ2n) is 4.54. The molecular weight excluding hydrogens is 206 g/mol. The zero-order valence-corrected chi connectivity index (χ0v) is 10.9. The molecule has 1 aromatic rings. The van der Waals surface area contributed by atoms with Crippen molar-refractivity contribution >= 4 is 11.3 Å². The standard InChI is InChI=1S/C11H21N3S/c1-5-11(3,12)8-14(4)6-10-7-15-9(2)13-10/h7H,5-6,8,12H2,1-4H3. The van der Waals surface area contributed by atoms with Crippen molar-refractivity contribution in [3.63, 3.8) is 0 Å². The van der Waals surface area contributed by atoms with Gasteiger partial charge in [0.05, 0.1) is 10.7 Å². The minimum absolute atomic E-state index is 0.0974. The molecule has 0 spiro atoms. The van der Waals surface area contributed by atoms with Crippen LogP contribution in [-0.2, 0) is 6.54 Å². The molecule has 1 rings (SSSR count). The minimum atomic E-state index is -0.0974. The number of nitrogens with zero attached hydrogens (tertiary/aromatic N) is 2. The van der Waals surface area contributed by atoms with Crippen LogP contribution < -0.4 is 5.73 Å². The van der Waals surface area contributed by atoms with Gasteiger partial charge >= 0.3 is 0 Å². The van der Waals surface area contributed by atoms with E-state index in [2.05, 4.69) is 36.2 Å². The van der Waals surface area contributed by atoms with E-state index >= 15 is 0 Å². The second-order valence-corrected chi connectivity index (χ2v) is 5.60. The van der Waals surface area contributed by atoms with Crippen LogP contribution in [0.2, 0.25) is 0 Å². The number of aryl methyl sites for hydroxylation is 1. The fourth-order valence-corrected chi connectivity index (χ4v) is 2.15. The highest BCUT2D eigenvalue weighted by Crippen LogP contribution is 2.12. The number of aromatic nitrogens is 1. The Labute approximate surface area is 96.3 Å². The summed E-state index contributed by atoms with van der Waals surface area (Å²) >= 11 is 1.70. The third kappa shape index (κ3) is 4.28. The summed E-state index contributed by atoms with van der Waals surface area (Å²) in [6.07, 6.45) is 0.993. The van der Waals surface area contributed by atoms with E-state index in [1.54, 1.807) is 11.3 Å². The lowest BCUT2D eigenvalue weighted by atomic mass is 10.0. The molecule has 1 atom stereocenters. The number of rotatable bonds is 5. The molecular formula is C11H21N3S. The molecule has 1 aromatic heterocycles. The first-order valence-electron chi connectivity index (χ1n) is 5.31. The zero-order chi connectivity index (χ0) is 11.5. The Kier molecular flexibility index (Phi) is 4.25. The Bertz CT molecular complexity index is 307. The Morgan fingerprint density at radius 3 is 2.73 bits per heavy atom. The molecule has 4 heteroatoms. The van der Waals surface area contributed by atoms with Crippen molar-refractivity contribution in [3.8, 4) is 0 Å². The van der Waals surface area contributed by atoms with Crippen LogP contribution in [0.1, 0.15) is 31.0 Å². The van der Waals surface area contributed by atoms with Crippen molar-refractivity contribution in [2.45, 2.75) is 39.3 Å². The first-order chi connectivity index (χ1) is 6.93. The molecule has 0 bridgehead atoms. The van der Waals surface area contributed by atoms with Crippen molar-refractivity contribution in [2.24, 2.45) is 5.73 Å². The fourth-order valence-electron chi connectivity index (χ4n) is 1.54. The summed E-state index contributed by atoms with van der Waals surface area (Å²) in [7, 11) is 2.09. The van der Waals surface area contributed by atoms with Crippen LogP contribution in [-0.4, -0.2) is 29.0 Å². The molecule has 1 heterocycles. The topological polar surface area (TPSA) is 42.1 Å². The maximum atomic E-state index is 6.12. The van der Waals surface area contributed by atoms with E-state index in [1.165, 1.54) is 0 Å². The molecule has 0 aliphatic heterocycles. The van der Waals surface area contributed by atoms with Gasteiger partial charge in [0.2, 0.25) is 0 Å². The van der Waals surface area contributed by atoms with Crippen LogP contribution in [0.5, 0.6) is 0 Å². The van der Waals surface area contributed by atoms with Gasteiger partial charge in [0.1, 0.15) is 0 Å². The summed E-state index contributed by atoms with van der Waals surface area (Å²) in [5.41, 5.74) is 7.16. The van der Waals surface area contributed by atoms with Gasteiger partial charge in [-0.2, -0.15) is 0 Å². The van der Waals surface area contributed by atoms with E-state index in [-0.39, 0.29) is 5.54 Å². The van der Waals surface area contributed by atoms with Crippen molar-refractivity contribution in [2.75, 3.05) is 13.6 Å². The van der Waals surface area contributed by atoms with Gasteiger partial charge in [0.25, 0.3) is 0 Å². The highest BCUT2D eigenvalue weighted by Gasteiger charge is 2.18. The number of thiazole rings is 1. The van der Waals surface area contributed by atoms with Gasteiger partial charge in [-0.1, -0.05) is 6.92 Å². The summed E-state index contributed by atoms with van der Waals surface area (Å²) in [6.45, 7) is 8.04. The molecule has 0 saturated heterocycles. The summed E-state index contributed by atoms with van der Waals surface area (Å²) in [6, 6.07) is 0. The molecule has 0 aliphatic carbocycles. The number of likely N-dealkylation sites (N-methyl/N-ethyl adjacent to an activating group) is 1. The molecule has 1 unspecified atom stereocenters. The predicted molar refractivity (Wildman–Crippen MR) is 66.1 cm³/mol. The Balaban J connectivity index is 2.46. The molecule has 2 N–H and O–H groups in total. The Hall–Kier alpha value is -0.450. The largest absolute Gasteiger partial charge is 0.324 e. The van der Waals surface area contributed by atoms with E-state index in [1.807, 2.05) is 6.92 Å². The van der Waals surface area contributed by atoms with Crippen LogP contribution in [0.4, 0.5) is 0 Å². The van der Waals surface area contributed by atoms with Gasteiger partial charge in [-0.3, -0.25) is 4.90 Å². The van der Waals surface area contributed by atoms with Crippen LogP contribution in [0, 0.1) is 6.92 Å². The smallest absolute Gasteiger partial charge is 0.0897 e. The van der Waals surface area contributed by atoms with E-state index in [0.717, 1.165) is 30.2 Å². The maximum Gasteiger partial charge on any atom is 0.0897 e. The lowest BCUT2D eigenvalue weighted by molar-refractivity contribution is 0.244. The van der Waals surface area contributed by atoms with Gasteiger partial charge in [-0.25, -0.2) is 4.98 Å². The van der Waals surface area contributed by atoms with Crippen LogP contribution in [0.15, 0.2) is 5.38 Å². The molecule has 0 saturated carbocycles. The fraction of sp³-hybridized carbons (Fsp3) is 0.727. The molecule has 3 nitrogen and oxygen atoms in total. The lowest BCUT2D eigenvalue weighted by Crippen LogP contribution is -2.45. The predicted octanol–water partition coefficient (Wildman–Crippen LogP) is 2.01. The third-order valence-corrected chi connectivity index (χ3v) is 3.36. The van der Waals surface area contributed by atoms with Gasteiger partial charge in [-0.15, -0.1) is 11.3 Å². The molecule has 0 aromatic carbocycles. The van der Waals surface area contributed by atoms with Crippen LogP contribution in [0.25, 0.3) is 0 Å². The monoisotopic (exact) mass is 227 g/mol. The maximum absolute atomic E-state index is 6.12. The van der Waals surface area contributed by atoms with Crippen molar-refractivity contribution in [3.05, 3.63) is 16.1 Å². The first kappa shape index (κ1) is 12.6. The average Bonchev–Trinajstić information content (AvgIpc) is 2.50. The third-order valence-electron chi connectivity index (χ3n) is 2.54. The number of nitrogens with two attached hydrogens (primary N) is 1. The van der Waals surface area contributed by atoms with E-state index in [9.17, 15) is 0 Å². The van der Waals surface area contributed by atoms with E-state index < -0.39 is 0 Å². The lowest BCUT2D eigenvalue weighted by Gasteiger charge is -2.28. The van der Waals surface area contributed by atoms with Crippen molar-refractivity contribution in [1.29, 1.82) is 0 Å². The molecule has 0 radical (unpaired) electrons. The van der Waals surface area contributed by atoms with Gasteiger partial charge in [0.15, 0.2) is 0 Å². The van der Waals surface area contributed by atoms with Crippen molar-refractivity contribution in [1.82, 2.24) is 9.88 Å². The Morgan fingerprint density at radius 2 is 2.27 bits per heavy atom. The second kappa shape index (κ2) is 5.05. The highest BCUT2D eigenvalue weighted by atomic mass is 32.1. The van der Waals surface area contributed by atoms with Crippen LogP contribution in [0.3, 0.4) is 0 Å².